The summed E-state index contributed by atoms with van der Waals surface area (Å²) in [4.78, 5) is 12.6. The maximum atomic E-state index is 11.5. The summed E-state index contributed by atoms with van der Waals surface area (Å²) in [5, 5.41) is 4.92. The monoisotopic (exact) mass is 265 g/mol. The first-order valence-electron chi connectivity index (χ1n) is 5.25. The zero-order chi connectivity index (χ0) is 12.1. The van der Waals surface area contributed by atoms with Crippen molar-refractivity contribution in [2.24, 2.45) is 0 Å². The number of hydrogen-bond acceptors (Lipinski definition) is 2. The second-order valence-corrected chi connectivity index (χ2v) is 4.81. The number of hydrogen-bond donors (Lipinski definition) is 1. The first-order chi connectivity index (χ1) is 8.31. The number of halogens is 1. The van der Waals surface area contributed by atoms with Crippen LogP contribution in [0, 0.1) is 0 Å². The second kappa shape index (κ2) is 5.84. The third kappa shape index (κ3) is 3.08. The summed E-state index contributed by atoms with van der Waals surface area (Å²) in [6.45, 7) is 0. The van der Waals surface area contributed by atoms with Crippen molar-refractivity contribution in [3.8, 4) is 0 Å². The summed E-state index contributed by atoms with van der Waals surface area (Å²) >= 11 is 7.16. The van der Waals surface area contributed by atoms with E-state index in [0.717, 1.165) is 10.4 Å². The molecule has 1 amide bonds. The first-order valence-corrected chi connectivity index (χ1v) is 6.66. The van der Waals surface area contributed by atoms with Crippen LogP contribution in [0.2, 0.25) is 0 Å². The molecule has 2 nitrogen and oxygen atoms in total. The van der Waals surface area contributed by atoms with E-state index < -0.39 is 0 Å². The smallest absolute Gasteiger partial charge is 0.235 e. The molecule has 1 atom stereocenters. The largest absolute Gasteiger partial charge is 0.343 e. The molecule has 0 saturated heterocycles. The lowest BCUT2D eigenvalue weighted by molar-refractivity contribution is -0.119. The van der Waals surface area contributed by atoms with Gasteiger partial charge in [-0.2, -0.15) is 0 Å². The second-order valence-electron chi connectivity index (χ2n) is 3.56. The molecule has 2 aromatic rings. The van der Waals surface area contributed by atoms with E-state index >= 15 is 0 Å². The normalized spacial score (nSPS) is 12.1. The fourth-order valence-corrected chi connectivity index (χ4v) is 2.50. The molecule has 88 valence electrons. The van der Waals surface area contributed by atoms with Crippen molar-refractivity contribution >= 4 is 28.8 Å². The van der Waals surface area contributed by atoms with Gasteiger partial charge in [0.25, 0.3) is 0 Å². The van der Waals surface area contributed by atoms with E-state index in [9.17, 15) is 4.79 Å². The summed E-state index contributed by atoms with van der Waals surface area (Å²) in [5.74, 6) is -0.178. The molecule has 0 saturated carbocycles. The van der Waals surface area contributed by atoms with Crippen LogP contribution >= 0.6 is 22.9 Å². The van der Waals surface area contributed by atoms with Crippen molar-refractivity contribution in [3.05, 3.63) is 58.3 Å². The molecule has 17 heavy (non-hydrogen) atoms. The van der Waals surface area contributed by atoms with Gasteiger partial charge in [0, 0.05) is 4.88 Å². The molecule has 1 heterocycles. The van der Waals surface area contributed by atoms with E-state index in [2.05, 4.69) is 5.32 Å². The van der Waals surface area contributed by atoms with E-state index in [1.807, 2.05) is 47.8 Å². The Morgan fingerprint density at radius 3 is 2.59 bits per heavy atom. The average molecular weight is 266 g/mol. The molecule has 1 N–H and O–H groups in total. The van der Waals surface area contributed by atoms with Crippen LogP contribution in [0.15, 0.2) is 47.8 Å². The lowest BCUT2D eigenvalue weighted by Gasteiger charge is -2.17. The molecule has 0 bridgehead atoms. The molecule has 1 aromatic carbocycles. The minimum absolute atomic E-state index is 0.0191. The van der Waals surface area contributed by atoms with Gasteiger partial charge < -0.3 is 5.32 Å². The van der Waals surface area contributed by atoms with Crippen molar-refractivity contribution in [1.29, 1.82) is 0 Å². The maximum absolute atomic E-state index is 11.5. The van der Waals surface area contributed by atoms with Gasteiger partial charge in [-0.3, -0.25) is 4.79 Å². The van der Waals surface area contributed by atoms with Crippen molar-refractivity contribution in [2.45, 2.75) is 6.04 Å². The highest BCUT2D eigenvalue weighted by Gasteiger charge is 2.16. The number of alkyl halides is 1. The Bertz CT molecular complexity index is 469. The molecule has 4 heteroatoms. The molecule has 1 aromatic heterocycles. The number of rotatable bonds is 4. The Labute approximate surface area is 109 Å². The molecule has 2 rings (SSSR count). The number of benzene rings is 1. The highest BCUT2D eigenvalue weighted by Crippen LogP contribution is 2.25. The minimum atomic E-state index is -0.158. The van der Waals surface area contributed by atoms with Gasteiger partial charge in [-0.25, -0.2) is 0 Å². The van der Waals surface area contributed by atoms with E-state index in [4.69, 9.17) is 11.6 Å². The van der Waals surface area contributed by atoms with Crippen LogP contribution in [0.25, 0.3) is 0 Å². The Kier molecular flexibility index (Phi) is 4.18. The van der Waals surface area contributed by atoms with Crippen LogP contribution in [0.1, 0.15) is 16.5 Å². The third-order valence-corrected chi connectivity index (χ3v) is 3.57. The molecular weight excluding hydrogens is 254 g/mol. The van der Waals surface area contributed by atoms with Gasteiger partial charge in [0.15, 0.2) is 0 Å². The van der Waals surface area contributed by atoms with E-state index in [-0.39, 0.29) is 17.8 Å². The first kappa shape index (κ1) is 12.1. The van der Waals surface area contributed by atoms with E-state index in [0.29, 0.717) is 0 Å². The molecule has 0 aliphatic rings. The standard InChI is InChI=1S/C13H12ClNOS/c14-9-12(16)15-13(11-7-4-8-17-11)10-5-2-1-3-6-10/h1-8,13H,9H2,(H,15,16)/t13-/m1/s1. The van der Waals surface area contributed by atoms with Crippen LogP contribution in [-0.2, 0) is 4.79 Å². The highest BCUT2D eigenvalue weighted by atomic mass is 35.5. The van der Waals surface area contributed by atoms with Gasteiger partial charge in [-0.05, 0) is 17.0 Å². The summed E-state index contributed by atoms with van der Waals surface area (Å²) in [6, 6.07) is 13.8. The number of carbonyl (C=O) groups excluding carboxylic acids is 1. The Morgan fingerprint density at radius 1 is 1.24 bits per heavy atom. The third-order valence-electron chi connectivity index (χ3n) is 2.39. The molecule has 0 fully saturated rings. The minimum Gasteiger partial charge on any atom is -0.343 e. The summed E-state index contributed by atoms with van der Waals surface area (Å²) < 4.78 is 0. The van der Waals surface area contributed by atoms with Crippen molar-refractivity contribution in [2.75, 3.05) is 5.88 Å². The molecular formula is C13H12ClNOS. The molecule has 0 unspecified atom stereocenters. The Morgan fingerprint density at radius 2 is 2.00 bits per heavy atom. The van der Waals surface area contributed by atoms with Crippen LogP contribution in [0.5, 0.6) is 0 Å². The zero-order valence-electron chi connectivity index (χ0n) is 9.10. The van der Waals surface area contributed by atoms with Gasteiger partial charge in [-0.1, -0.05) is 36.4 Å². The van der Waals surface area contributed by atoms with Crippen LogP contribution < -0.4 is 5.32 Å². The maximum Gasteiger partial charge on any atom is 0.235 e. The molecule has 0 aliphatic carbocycles. The zero-order valence-corrected chi connectivity index (χ0v) is 10.7. The Balaban J connectivity index is 2.28. The number of thiophene rings is 1. The van der Waals surface area contributed by atoms with Gasteiger partial charge >= 0.3 is 0 Å². The average Bonchev–Trinajstić information content (AvgIpc) is 2.90. The highest BCUT2D eigenvalue weighted by molar-refractivity contribution is 7.10. The number of amides is 1. The molecule has 0 radical (unpaired) electrons. The Hall–Kier alpha value is -1.32. The van der Waals surface area contributed by atoms with Gasteiger partial charge in [0.1, 0.15) is 5.88 Å². The topological polar surface area (TPSA) is 29.1 Å². The van der Waals surface area contributed by atoms with Gasteiger partial charge in [-0.15, -0.1) is 22.9 Å². The van der Waals surface area contributed by atoms with Crippen LogP contribution in [-0.4, -0.2) is 11.8 Å². The van der Waals surface area contributed by atoms with E-state index in [1.54, 1.807) is 11.3 Å². The fraction of sp³-hybridized carbons (Fsp3) is 0.154. The molecule has 0 aliphatic heterocycles. The van der Waals surface area contributed by atoms with Crippen molar-refractivity contribution < 1.29 is 4.79 Å². The summed E-state index contributed by atoms with van der Waals surface area (Å²) in [6.07, 6.45) is 0. The van der Waals surface area contributed by atoms with Gasteiger partial charge in [0.05, 0.1) is 6.04 Å². The predicted molar refractivity (Wildman–Crippen MR) is 71.5 cm³/mol. The van der Waals surface area contributed by atoms with Crippen LogP contribution in [0.3, 0.4) is 0 Å². The predicted octanol–water partition coefficient (Wildman–Crippen LogP) is 3.19. The number of nitrogens with one attached hydrogen (secondary N) is 1. The van der Waals surface area contributed by atoms with Crippen molar-refractivity contribution in [3.63, 3.8) is 0 Å². The quantitative estimate of drug-likeness (QED) is 0.845. The summed E-state index contributed by atoms with van der Waals surface area (Å²) in [7, 11) is 0. The SMILES string of the molecule is O=C(CCl)N[C@H](c1ccccc1)c1cccs1. The lowest BCUT2D eigenvalue weighted by atomic mass is 10.1. The van der Waals surface area contributed by atoms with E-state index in [1.165, 1.54) is 0 Å². The van der Waals surface area contributed by atoms with Crippen molar-refractivity contribution in [1.82, 2.24) is 5.32 Å². The van der Waals surface area contributed by atoms with Gasteiger partial charge in [0.2, 0.25) is 5.91 Å². The summed E-state index contributed by atoms with van der Waals surface area (Å²) in [5.41, 5.74) is 1.06. The lowest BCUT2D eigenvalue weighted by Crippen LogP contribution is -2.29. The van der Waals surface area contributed by atoms with Crippen LogP contribution in [0.4, 0.5) is 0 Å². The fourth-order valence-electron chi connectivity index (χ4n) is 1.62. The molecule has 0 spiro atoms. The number of carbonyl (C=O) groups is 1.